The van der Waals surface area contributed by atoms with Crippen molar-refractivity contribution in [2.45, 2.75) is 97.1 Å². The molecule has 0 saturated carbocycles. The first-order chi connectivity index (χ1) is 22.7. The van der Waals surface area contributed by atoms with E-state index < -0.39 is 8.38 Å². The Labute approximate surface area is 291 Å². The van der Waals surface area contributed by atoms with E-state index in [2.05, 4.69) is 197 Å². The molecule has 0 radical (unpaired) electrons. The first kappa shape index (κ1) is 35.4. The Bertz CT molecular complexity index is 1800. The van der Waals surface area contributed by atoms with Crippen molar-refractivity contribution in [3.63, 3.8) is 0 Å². The molecule has 0 aliphatic rings. The highest BCUT2D eigenvalue weighted by Crippen LogP contribution is 2.54. The molecular weight excluding hydrogens is 603 g/mol. The van der Waals surface area contributed by atoms with Gasteiger partial charge in [-0.3, -0.25) is 0 Å². The lowest BCUT2D eigenvalue weighted by atomic mass is 9.73. The minimum atomic E-state index is -1.37. The Morgan fingerprint density at radius 1 is 0.438 bits per heavy atom. The van der Waals surface area contributed by atoms with Gasteiger partial charge in [-0.2, -0.15) is 0 Å². The zero-order chi connectivity index (χ0) is 34.7. The SMILES string of the molecule is CCc1cc(C(C)(C)c2ccccc2)ccc1OP(Oc1ccc(C(C)(C)c2ccccc2)cc1C(C)(C)c1ccccc1)C(C)(C)C. The molecule has 0 spiro atoms. The molecule has 5 aromatic carbocycles. The van der Waals surface area contributed by atoms with Crippen LogP contribution in [0, 0.1) is 0 Å². The highest BCUT2D eigenvalue weighted by molar-refractivity contribution is 7.49. The summed E-state index contributed by atoms with van der Waals surface area (Å²) < 4.78 is 14.1. The van der Waals surface area contributed by atoms with Crippen molar-refractivity contribution in [3.8, 4) is 11.5 Å². The molecule has 0 fully saturated rings. The Morgan fingerprint density at radius 2 is 0.833 bits per heavy atom. The molecule has 2 nitrogen and oxygen atoms in total. The molecule has 0 N–H and O–H groups in total. The van der Waals surface area contributed by atoms with Crippen LogP contribution in [0.2, 0.25) is 0 Å². The van der Waals surface area contributed by atoms with Gasteiger partial charge in [-0.15, -0.1) is 0 Å². The van der Waals surface area contributed by atoms with Crippen LogP contribution in [0.1, 0.15) is 108 Å². The predicted octanol–water partition coefficient (Wildman–Crippen LogP) is 12.8. The fraction of sp³-hybridized carbons (Fsp3) is 0.333. The maximum absolute atomic E-state index is 7.10. The number of aryl methyl sites for hydroxylation is 1. The van der Waals surface area contributed by atoms with Crippen molar-refractivity contribution in [1.82, 2.24) is 0 Å². The van der Waals surface area contributed by atoms with Crippen LogP contribution in [-0.2, 0) is 22.7 Å². The van der Waals surface area contributed by atoms with Gasteiger partial charge in [0.1, 0.15) is 11.5 Å². The molecule has 0 aliphatic carbocycles. The second-order valence-electron chi connectivity index (χ2n) is 15.5. The highest BCUT2D eigenvalue weighted by atomic mass is 31.2. The molecule has 3 heteroatoms. The van der Waals surface area contributed by atoms with E-state index in [0.29, 0.717) is 0 Å². The van der Waals surface area contributed by atoms with Gasteiger partial charge in [-0.05, 0) is 72.7 Å². The smallest absolute Gasteiger partial charge is 0.296 e. The molecule has 0 heterocycles. The normalized spacial score (nSPS) is 13.2. The van der Waals surface area contributed by atoms with Crippen molar-refractivity contribution in [2.75, 3.05) is 0 Å². The van der Waals surface area contributed by atoms with Crippen molar-refractivity contribution in [3.05, 3.63) is 166 Å². The maximum atomic E-state index is 7.10. The third-order valence-electron chi connectivity index (χ3n) is 9.93. The van der Waals surface area contributed by atoms with Crippen LogP contribution >= 0.6 is 8.38 Å². The standard InChI is InChI=1S/C45H53O2P/c1-11-33-31-37(43(5,6)34-21-15-12-16-22-34)27-29-40(33)46-48(42(2,3)4)47-41-30-28-38(44(7,8)35-23-17-13-18-24-35)32-39(41)45(9,10)36-25-19-14-20-26-36/h12-32H,11H2,1-10H3. The predicted molar refractivity (Wildman–Crippen MR) is 206 cm³/mol. The molecule has 0 aliphatic heterocycles. The summed E-state index contributed by atoms with van der Waals surface area (Å²) in [5.41, 5.74) is 8.11. The topological polar surface area (TPSA) is 18.5 Å². The maximum Gasteiger partial charge on any atom is 0.296 e. The van der Waals surface area contributed by atoms with Gasteiger partial charge >= 0.3 is 0 Å². The van der Waals surface area contributed by atoms with Gasteiger partial charge in [0.15, 0.2) is 0 Å². The lowest BCUT2D eigenvalue weighted by Gasteiger charge is -2.35. The molecule has 250 valence electrons. The molecule has 48 heavy (non-hydrogen) atoms. The summed E-state index contributed by atoms with van der Waals surface area (Å²) in [5.74, 6) is 1.77. The van der Waals surface area contributed by atoms with Crippen LogP contribution in [0.5, 0.6) is 11.5 Å². The first-order valence-corrected chi connectivity index (χ1v) is 18.4. The van der Waals surface area contributed by atoms with Crippen LogP contribution in [-0.4, -0.2) is 5.16 Å². The molecule has 0 bridgehead atoms. The van der Waals surface area contributed by atoms with E-state index in [0.717, 1.165) is 23.5 Å². The Hall–Kier alpha value is -3.87. The van der Waals surface area contributed by atoms with Crippen molar-refractivity contribution < 1.29 is 9.05 Å². The third-order valence-corrected chi connectivity index (χ3v) is 11.8. The summed E-state index contributed by atoms with van der Waals surface area (Å²) in [6.07, 6.45) is 0.872. The molecular formula is C45H53O2P. The van der Waals surface area contributed by atoms with Crippen LogP contribution < -0.4 is 9.05 Å². The van der Waals surface area contributed by atoms with E-state index in [4.69, 9.17) is 9.05 Å². The number of hydrogen-bond acceptors (Lipinski definition) is 2. The van der Waals surface area contributed by atoms with Gasteiger partial charge in [-0.25, -0.2) is 0 Å². The van der Waals surface area contributed by atoms with Gasteiger partial charge in [0.2, 0.25) is 0 Å². The van der Waals surface area contributed by atoms with E-state index in [1.165, 1.54) is 33.4 Å². The summed E-state index contributed by atoms with van der Waals surface area (Å²) in [7, 11) is -1.37. The van der Waals surface area contributed by atoms with Crippen molar-refractivity contribution >= 4 is 8.38 Å². The number of rotatable bonds is 11. The van der Waals surface area contributed by atoms with Crippen molar-refractivity contribution in [2.24, 2.45) is 0 Å². The summed E-state index contributed by atoms with van der Waals surface area (Å²) in [5, 5.41) is -0.238. The van der Waals surface area contributed by atoms with Crippen molar-refractivity contribution in [1.29, 1.82) is 0 Å². The Balaban J connectivity index is 1.55. The minimum absolute atomic E-state index is 0.123. The van der Waals surface area contributed by atoms with Crippen LogP contribution in [0.25, 0.3) is 0 Å². The van der Waals surface area contributed by atoms with E-state index >= 15 is 0 Å². The average molecular weight is 657 g/mol. The van der Waals surface area contributed by atoms with E-state index in [1.54, 1.807) is 0 Å². The summed E-state index contributed by atoms with van der Waals surface area (Å²) in [6, 6.07) is 45.7. The molecule has 0 aromatic heterocycles. The molecule has 1 atom stereocenters. The van der Waals surface area contributed by atoms with Gasteiger partial charge in [0.25, 0.3) is 8.38 Å². The minimum Gasteiger partial charge on any atom is -0.438 e. The van der Waals surface area contributed by atoms with Gasteiger partial charge in [-0.1, -0.05) is 164 Å². The Morgan fingerprint density at radius 3 is 1.27 bits per heavy atom. The zero-order valence-electron chi connectivity index (χ0n) is 30.6. The Kier molecular flexibility index (Phi) is 10.3. The van der Waals surface area contributed by atoms with E-state index in [1.807, 2.05) is 0 Å². The number of hydrogen-bond donors (Lipinski definition) is 0. The van der Waals surface area contributed by atoms with E-state index in [9.17, 15) is 0 Å². The quantitative estimate of drug-likeness (QED) is 0.132. The zero-order valence-corrected chi connectivity index (χ0v) is 31.5. The van der Waals surface area contributed by atoms with Gasteiger partial charge in [0, 0.05) is 21.8 Å². The second kappa shape index (κ2) is 13.9. The monoisotopic (exact) mass is 656 g/mol. The fourth-order valence-corrected chi connectivity index (χ4v) is 7.62. The van der Waals surface area contributed by atoms with E-state index in [-0.39, 0.29) is 21.4 Å². The lowest BCUT2D eigenvalue weighted by Crippen LogP contribution is -2.25. The highest BCUT2D eigenvalue weighted by Gasteiger charge is 2.36. The fourth-order valence-electron chi connectivity index (χ4n) is 6.34. The second-order valence-corrected chi connectivity index (χ2v) is 17.7. The molecule has 5 rings (SSSR count). The van der Waals surface area contributed by atoms with Gasteiger partial charge < -0.3 is 9.05 Å². The van der Waals surface area contributed by atoms with Gasteiger partial charge in [0.05, 0.1) is 5.16 Å². The van der Waals surface area contributed by atoms with Crippen LogP contribution in [0.3, 0.4) is 0 Å². The van der Waals surface area contributed by atoms with Crippen LogP contribution in [0.4, 0.5) is 0 Å². The number of benzene rings is 5. The average Bonchev–Trinajstić information content (AvgIpc) is 3.08. The third kappa shape index (κ3) is 7.40. The lowest BCUT2D eigenvalue weighted by molar-refractivity contribution is 0.443. The molecule has 1 unspecified atom stereocenters. The summed E-state index contributed by atoms with van der Waals surface area (Å²) >= 11 is 0. The van der Waals surface area contributed by atoms with Crippen LogP contribution in [0.15, 0.2) is 127 Å². The first-order valence-electron chi connectivity index (χ1n) is 17.3. The summed E-state index contributed by atoms with van der Waals surface area (Å²) in [6.45, 7) is 22.6. The largest absolute Gasteiger partial charge is 0.438 e. The molecule has 0 saturated heterocycles. The summed E-state index contributed by atoms with van der Waals surface area (Å²) in [4.78, 5) is 0. The molecule has 5 aromatic rings. The molecule has 0 amide bonds.